The first kappa shape index (κ1) is 15.3. The van der Waals surface area contributed by atoms with E-state index in [1.165, 1.54) is 0 Å². The van der Waals surface area contributed by atoms with Crippen molar-refractivity contribution in [3.63, 3.8) is 0 Å². The standard InChI is InChI=1S/C10H13F4NO2S/c11-9(12)8(16)4-15-3-6-1-2-7(17-6)5-18-10(13)14/h1-2,8-10,15-16H,3-5H2. The topological polar surface area (TPSA) is 45.4 Å². The molecule has 0 aromatic carbocycles. The lowest BCUT2D eigenvalue weighted by Crippen LogP contribution is -2.31. The van der Waals surface area contributed by atoms with Gasteiger partial charge in [0.2, 0.25) is 0 Å². The maximum atomic E-state index is 11.9. The molecular formula is C10H13F4NO2S. The first-order chi connectivity index (χ1) is 8.49. The molecule has 0 bridgehead atoms. The summed E-state index contributed by atoms with van der Waals surface area (Å²) in [7, 11) is 0. The van der Waals surface area contributed by atoms with Crippen LogP contribution in [0.25, 0.3) is 0 Å². The van der Waals surface area contributed by atoms with Crippen LogP contribution in [-0.2, 0) is 12.3 Å². The summed E-state index contributed by atoms with van der Waals surface area (Å²) in [5, 5.41) is 11.4. The average molecular weight is 287 g/mol. The first-order valence-corrected chi connectivity index (χ1v) is 6.18. The molecule has 104 valence electrons. The molecule has 3 nitrogen and oxygen atoms in total. The van der Waals surface area contributed by atoms with Crippen molar-refractivity contribution in [2.75, 3.05) is 6.54 Å². The molecule has 1 rings (SSSR count). The summed E-state index contributed by atoms with van der Waals surface area (Å²) in [6, 6.07) is 3.12. The quantitative estimate of drug-likeness (QED) is 0.721. The molecular weight excluding hydrogens is 274 g/mol. The van der Waals surface area contributed by atoms with Crippen molar-refractivity contribution in [3.05, 3.63) is 23.7 Å². The van der Waals surface area contributed by atoms with Gasteiger partial charge in [0.05, 0.1) is 12.3 Å². The summed E-state index contributed by atoms with van der Waals surface area (Å²) in [5.41, 5.74) is 0. The minimum Gasteiger partial charge on any atom is -0.464 e. The van der Waals surface area contributed by atoms with Crippen LogP contribution in [-0.4, -0.2) is 29.9 Å². The van der Waals surface area contributed by atoms with Crippen LogP contribution in [0.2, 0.25) is 0 Å². The van der Waals surface area contributed by atoms with E-state index in [1.54, 1.807) is 12.1 Å². The predicted molar refractivity (Wildman–Crippen MR) is 59.7 cm³/mol. The number of nitrogens with one attached hydrogen (secondary N) is 1. The average Bonchev–Trinajstić information content (AvgIpc) is 2.74. The summed E-state index contributed by atoms with van der Waals surface area (Å²) < 4.78 is 52.9. The van der Waals surface area contributed by atoms with Crippen molar-refractivity contribution < 1.29 is 27.1 Å². The molecule has 0 saturated carbocycles. The lowest BCUT2D eigenvalue weighted by molar-refractivity contribution is -0.00360. The highest BCUT2D eigenvalue weighted by molar-refractivity contribution is 7.98. The molecule has 0 spiro atoms. The molecule has 1 aromatic rings. The van der Waals surface area contributed by atoms with Gasteiger partial charge in [0, 0.05) is 6.54 Å². The third-order valence-corrected chi connectivity index (χ3v) is 2.72. The van der Waals surface area contributed by atoms with Gasteiger partial charge in [0.1, 0.15) is 17.6 Å². The van der Waals surface area contributed by atoms with E-state index in [-0.39, 0.29) is 18.8 Å². The maximum Gasteiger partial charge on any atom is 0.284 e. The Morgan fingerprint density at radius 2 is 1.89 bits per heavy atom. The molecule has 8 heteroatoms. The van der Waals surface area contributed by atoms with Crippen molar-refractivity contribution >= 4 is 11.8 Å². The Morgan fingerprint density at radius 1 is 1.22 bits per heavy atom. The van der Waals surface area contributed by atoms with Crippen molar-refractivity contribution in [2.45, 2.75) is 30.6 Å². The van der Waals surface area contributed by atoms with Gasteiger partial charge in [-0.25, -0.2) is 8.78 Å². The number of hydrogen-bond donors (Lipinski definition) is 2. The first-order valence-electron chi connectivity index (χ1n) is 5.13. The zero-order valence-electron chi connectivity index (χ0n) is 9.28. The normalized spacial score (nSPS) is 13.5. The van der Waals surface area contributed by atoms with Gasteiger partial charge >= 0.3 is 0 Å². The Kier molecular flexibility index (Phi) is 6.51. The molecule has 0 aliphatic rings. The molecule has 0 radical (unpaired) electrons. The third kappa shape index (κ3) is 5.74. The van der Waals surface area contributed by atoms with E-state index in [0.717, 1.165) is 0 Å². The van der Waals surface area contributed by atoms with E-state index in [9.17, 15) is 17.6 Å². The van der Waals surface area contributed by atoms with Crippen LogP contribution in [0.3, 0.4) is 0 Å². The Labute approximate surface area is 106 Å². The van der Waals surface area contributed by atoms with Gasteiger partial charge in [0.15, 0.2) is 0 Å². The lowest BCUT2D eigenvalue weighted by atomic mass is 10.3. The second-order valence-electron chi connectivity index (χ2n) is 3.47. The predicted octanol–water partition coefficient (Wildman–Crippen LogP) is 2.45. The van der Waals surface area contributed by atoms with Crippen LogP contribution in [0.5, 0.6) is 0 Å². The molecule has 18 heavy (non-hydrogen) atoms. The Bertz CT molecular complexity index is 348. The van der Waals surface area contributed by atoms with Crippen LogP contribution >= 0.6 is 11.8 Å². The molecule has 1 unspecified atom stereocenters. The highest BCUT2D eigenvalue weighted by Crippen LogP contribution is 2.21. The van der Waals surface area contributed by atoms with Crippen molar-refractivity contribution in [1.82, 2.24) is 5.32 Å². The Balaban J connectivity index is 2.27. The minimum absolute atomic E-state index is 0.0529. The van der Waals surface area contributed by atoms with E-state index in [0.29, 0.717) is 23.3 Å². The fourth-order valence-corrected chi connectivity index (χ4v) is 1.62. The fraction of sp³-hybridized carbons (Fsp3) is 0.600. The number of alkyl halides is 4. The third-order valence-electron chi connectivity index (χ3n) is 2.01. The molecule has 0 aliphatic carbocycles. The number of furan rings is 1. The summed E-state index contributed by atoms with van der Waals surface area (Å²) >= 11 is 0.444. The van der Waals surface area contributed by atoms with Crippen LogP contribution in [0.4, 0.5) is 17.6 Å². The van der Waals surface area contributed by atoms with Gasteiger partial charge in [-0.05, 0) is 12.1 Å². The molecule has 1 heterocycles. The van der Waals surface area contributed by atoms with Crippen LogP contribution in [0.15, 0.2) is 16.5 Å². The number of hydrogen-bond acceptors (Lipinski definition) is 4. The van der Waals surface area contributed by atoms with Gasteiger partial charge in [-0.2, -0.15) is 8.78 Å². The number of aliphatic hydroxyl groups excluding tert-OH is 1. The molecule has 0 aliphatic heterocycles. The number of aliphatic hydroxyl groups is 1. The summed E-state index contributed by atoms with van der Waals surface area (Å²) in [6.07, 6.45) is -4.53. The van der Waals surface area contributed by atoms with Gasteiger partial charge in [-0.15, -0.1) is 0 Å². The van der Waals surface area contributed by atoms with Crippen LogP contribution in [0.1, 0.15) is 11.5 Å². The number of rotatable bonds is 8. The van der Waals surface area contributed by atoms with Crippen molar-refractivity contribution in [1.29, 1.82) is 0 Å². The van der Waals surface area contributed by atoms with Crippen molar-refractivity contribution in [2.24, 2.45) is 0 Å². The van der Waals surface area contributed by atoms with E-state index >= 15 is 0 Å². The van der Waals surface area contributed by atoms with Crippen molar-refractivity contribution in [3.8, 4) is 0 Å². The molecule has 0 saturated heterocycles. The van der Waals surface area contributed by atoms with Crippen LogP contribution < -0.4 is 5.32 Å². The minimum atomic E-state index is -2.80. The monoisotopic (exact) mass is 287 g/mol. The van der Waals surface area contributed by atoms with E-state index in [2.05, 4.69) is 5.32 Å². The number of thioether (sulfide) groups is 1. The highest BCUT2D eigenvalue weighted by atomic mass is 32.2. The second kappa shape index (κ2) is 7.65. The van der Waals surface area contributed by atoms with Crippen LogP contribution in [0, 0.1) is 0 Å². The smallest absolute Gasteiger partial charge is 0.284 e. The summed E-state index contributed by atoms with van der Waals surface area (Å²) in [5.74, 6) is -1.57. The maximum absolute atomic E-state index is 11.9. The fourth-order valence-electron chi connectivity index (χ4n) is 1.17. The van der Waals surface area contributed by atoms with Gasteiger partial charge in [0.25, 0.3) is 12.2 Å². The van der Waals surface area contributed by atoms with E-state index in [4.69, 9.17) is 9.52 Å². The van der Waals surface area contributed by atoms with Gasteiger partial charge in [-0.1, -0.05) is 11.8 Å². The molecule has 0 fully saturated rings. The molecule has 2 N–H and O–H groups in total. The molecule has 1 aromatic heterocycles. The lowest BCUT2D eigenvalue weighted by Gasteiger charge is -2.09. The zero-order valence-corrected chi connectivity index (χ0v) is 10.1. The molecule has 0 amide bonds. The van der Waals surface area contributed by atoms with E-state index < -0.39 is 18.3 Å². The summed E-state index contributed by atoms with van der Waals surface area (Å²) in [6.45, 7) is -0.109. The molecule has 1 atom stereocenters. The SMILES string of the molecule is OC(CNCc1ccc(CSC(F)F)o1)C(F)F. The number of halogens is 4. The van der Waals surface area contributed by atoms with Gasteiger partial charge in [-0.3, -0.25) is 0 Å². The Morgan fingerprint density at radius 3 is 2.50 bits per heavy atom. The second-order valence-corrected chi connectivity index (χ2v) is 4.45. The zero-order chi connectivity index (χ0) is 13.5. The summed E-state index contributed by atoms with van der Waals surface area (Å²) in [4.78, 5) is 0. The largest absolute Gasteiger partial charge is 0.464 e. The highest BCUT2D eigenvalue weighted by Gasteiger charge is 2.16. The Hall–Kier alpha value is -0.730. The van der Waals surface area contributed by atoms with Gasteiger partial charge < -0.3 is 14.8 Å². The van der Waals surface area contributed by atoms with E-state index in [1.807, 2.05) is 0 Å².